The first-order chi connectivity index (χ1) is 22.6. The maximum atomic E-state index is 13.3. The van der Waals surface area contributed by atoms with Crippen molar-refractivity contribution in [3.8, 4) is 0 Å². The number of hydrogen-bond acceptors (Lipinski definition) is 9. The van der Waals surface area contributed by atoms with Crippen LogP contribution in [0.25, 0.3) is 0 Å². The van der Waals surface area contributed by atoms with Crippen LogP contribution in [0.5, 0.6) is 0 Å². The van der Waals surface area contributed by atoms with Crippen LogP contribution in [0, 0.1) is 0 Å². The maximum absolute atomic E-state index is 13.3. The molecule has 1 aromatic rings. The summed E-state index contributed by atoms with van der Waals surface area (Å²) in [5, 5.41) is 0.482. The zero-order valence-electron chi connectivity index (χ0n) is 29.9. The predicted octanol–water partition coefficient (Wildman–Crippen LogP) is 7.39. The van der Waals surface area contributed by atoms with E-state index < -0.39 is 35.0 Å². The van der Waals surface area contributed by atoms with Crippen LogP contribution in [-0.4, -0.2) is 58.4 Å². The lowest BCUT2D eigenvalue weighted by atomic mass is 10.0. The second-order valence-electron chi connectivity index (χ2n) is 14.4. The van der Waals surface area contributed by atoms with Crippen molar-refractivity contribution < 1.29 is 43.1 Å². The van der Waals surface area contributed by atoms with Gasteiger partial charge in [-0.25, -0.2) is 4.79 Å². The van der Waals surface area contributed by atoms with Gasteiger partial charge in [-0.05, 0) is 78.6 Å². The highest BCUT2D eigenvalue weighted by molar-refractivity contribution is 6.03. The van der Waals surface area contributed by atoms with Gasteiger partial charge in [-0.2, -0.15) is 0 Å². The minimum absolute atomic E-state index is 0.00527. The third-order valence-corrected chi connectivity index (χ3v) is 7.54. The standard InChI is InChI=1S/C37H56N2O9/c1-36(2,3)46-33(43)20-18-16-14-12-10-8-7-9-11-13-15-17-19-30(40)38(27-34(44)47-37(4,5)6)29-23-21-28(22-24-29)35(45)48-39-31(41)25-26-32(39)42/h21-24H,7-20,25-27H2,1-6H3. The van der Waals surface area contributed by atoms with Crippen molar-refractivity contribution in [3.05, 3.63) is 29.8 Å². The minimum atomic E-state index is -0.873. The van der Waals surface area contributed by atoms with E-state index in [0.29, 0.717) is 23.6 Å². The number of carbonyl (C=O) groups is 6. The Labute approximate surface area is 286 Å². The molecule has 0 spiro atoms. The SMILES string of the molecule is CC(C)(C)OC(=O)CCCCCCCCCCCCCCC(=O)N(CC(=O)OC(C)(C)C)c1ccc(C(=O)ON2C(=O)CCC2=O)cc1. The topological polar surface area (TPSA) is 137 Å². The van der Waals surface area contributed by atoms with Crippen molar-refractivity contribution in [2.75, 3.05) is 11.4 Å². The highest BCUT2D eigenvalue weighted by Crippen LogP contribution is 2.21. The fraction of sp³-hybridized carbons (Fsp3) is 0.676. The van der Waals surface area contributed by atoms with Gasteiger partial charge in [0.1, 0.15) is 17.7 Å². The van der Waals surface area contributed by atoms with Crippen LogP contribution < -0.4 is 4.90 Å². The lowest BCUT2D eigenvalue weighted by Gasteiger charge is -2.25. The van der Waals surface area contributed by atoms with Crippen LogP contribution in [0.1, 0.15) is 155 Å². The molecular weight excluding hydrogens is 616 g/mol. The van der Waals surface area contributed by atoms with Crippen LogP contribution in [0.15, 0.2) is 24.3 Å². The summed E-state index contributed by atoms with van der Waals surface area (Å²) in [6.07, 6.45) is 13.5. The lowest BCUT2D eigenvalue weighted by molar-refractivity contribution is -0.172. The summed E-state index contributed by atoms with van der Waals surface area (Å²) in [4.78, 5) is 80.1. The second-order valence-corrected chi connectivity index (χ2v) is 14.4. The van der Waals surface area contributed by atoms with Crippen LogP contribution in [0.4, 0.5) is 5.69 Å². The summed E-state index contributed by atoms with van der Waals surface area (Å²) in [5.41, 5.74) is -0.629. The number of anilines is 1. The monoisotopic (exact) mass is 672 g/mol. The van der Waals surface area contributed by atoms with Gasteiger partial charge in [0, 0.05) is 31.4 Å². The predicted molar refractivity (Wildman–Crippen MR) is 182 cm³/mol. The van der Waals surface area contributed by atoms with Gasteiger partial charge in [-0.1, -0.05) is 64.2 Å². The van der Waals surface area contributed by atoms with E-state index in [2.05, 4.69) is 0 Å². The number of esters is 2. The molecule has 0 aromatic heterocycles. The van der Waals surface area contributed by atoms with Crippen LogP contribution in [0.3, 0.4) is 0 Å². The maximum Gasteiger partial charge on any atom is 0.363 e. The molecule has 11 heteroatoms. The summed E-state index contributed by atoms with van der Waals surface area (Å²) >= 11 is 0. The first-order valence-corrected chi connectivity index (χ1v) is 17.5. The second kappa shape index (κ2) is 19.9. The molecule has 0 bridgehead atoms. The number of amides is 3. The molecule has 1 aliphatic heterocycles. The van der Waals surface area contributed by atoms with E-state index in [1.165, 1.54) is 54.8 Å². The van der Waals surface area contributed by atoms with Gasteiger partial charge in [0.2, 0.25) is 5.91 Å². The van der Waals surface area contributed by atoms with Crippen LogP contribution >= 0.6 is 0 Å². The zero-order chi connectivity index (χ0) is 35.7. The molecule has 48 heavy (non-hydrogen) atoms. The Morgan fingerprint density at radius 3 is 1.50 bits per heavy atom. The van der Waals surface area contributed by atoms with E-state index in [9.17, 15) is 28.8 Å². The Kier molecular flexibility index (Phi) is 16.8. The summed E-state index contributed by atoms with van der Waals surface area (Å²) in [6.45, 7) is 10.6. The van der Waals surface area contributed by atoms with Crippen molar-refractivity contribution in [3.63, 3.8) is 0 Å². The summed E-state index contributed by atoms with van der Waals surface area (Å²) in [7, 11) is 0. The average Bonchev–Trinajstić information content (AvgIpc) is 3.30. The van der Waals surface area contributed by atoms with Crippen LogP contribution in [0.2, 0.25) is 0 Å². The van der Waals surface area contributed by atoms with E-state index in [-0.39, 0.29) is 43.2 Å². The van der Waals surface area contributed by atoms with Gasteiger partial charge < -0.3 is 19.2 Å². The van der Waals surface area contributed by atoms with Crippen molar-refractivity contribution in [2.45, 2.75) is 155 Å². The fourth-order valence-electron chi connectivity index (χ4n) is 5.24. The number of hydroxylamine groups is 2. The number of ether oxygens (including phenoxy) is 2. The molecule has 0 atom stereocenters. The highest BCUT2D eigenvalue weighted by Gasteiger charge is 2.33. The number of carbonyl (C=O) groups excluding carboxylic acids is 6. The molecule has 0 saturated carbocycles. The van der Waals surface area contributed by atoms with Gasteiger partial charge in [0.15, 0.2) is 0 Å². The molecular formula is C37H56N2O9. The molecule has 2 rings (SSSR count). The Morgan fingerprint density at radius 1 is 0.625 bits per heavy atom. The number of benzene rings is 1. The number of unbranched alkanes of at least 4 members (excludes halogenated alkanes) is 11. The molecule has 0 unspecified atom stereocenters. The molecule has 0 aliphatic carbocycles. The fourth-order valence-corrected chi connectivity index (χ4v) is 5.24. The van der Waals surface area contributed by atoms with E-state index >= 15 is 0 Å². The molecule has 268 valence electrons. The smallest absolute Gasteiger partial charge is 0.363 e. The van der Waals surface area contributed by atoms with Crippen LogP contribution in [-0.2, 0) is 38.3 Å². The Hall–Kier alpha value is -3.76. The van der Waals surface area contributed by atoms with Gasteiger partial charge in [-0.15, -0.1) is 5.06 Å². The molecule has 1 fully saturated rings. The quantitative estimate of drug-likeness (QED) is 0.0789. The normalized spacial score (nSPS) is 13.4. The molecule has 1 aliphatic rings. The molecule has 0 N–H and O–H groups in total. The van der Waals surface area contributed by atoms with Crippen molar-refractivity contribution >= 4 is 41.3 Å². The Bertz CT molecular complexity index is 1210. The first-order valence-electron chi connectivity index (χ1n) is 17.5. The van der Waals surface area contributed by atoms with Gasteiger partial charge >= 0.3 is 17.9 Å². The Balaban J connectivity index is 1.71. The highest BCUT2D eigenvalue weighted by atomic mass is 16.7. The number of hydrogen-bond donors (Lipinski definition) is 0. The average molecular weight is 673 g/mol. The van der Waals surface area contributed by atoms with Gasteiger partial charge in [0.05, 0.1) is 5.56 Å². The first kappa shape index (κ1) is 40.4. The molecule has 0 radical (unpaired) electrons. The number of rotatable bonds is 20. The van der Waals surface area contributed by atoms with Gasteiger partial charge in [-0.3, -0.25) is 24.0 Å². The number of imide groups is 1. The Morgan fingerprint density at radius 2 is 1.04 bits per heavy atom. The molecule has 1 aromatic carbocycles. The van der Waals surface area contributed by atoms with E-state index in [1.54, 1.807) is 20.8 Å². The van der Waals surface area contributed by atoms with Crippen molar-refractivity contribution in [2.24, 2.45) is 0 Å². The van der Waals surface area contributed by atoms with E-state index in [0.717, 1.165) is 44.9 Å². The van der Waals surface area contributed by atoms with Gasteiger partial charge in [0.25, 0.3) is 11.8 Å². The van der Waals surface area contributed by atoms with E-state index in [4.69, 9.17) is 14.3 Å². The van der Waals surface area contributed by atoms with Crippen molar-refractivity contribution in [1.82, 2.24) is 5.06 Å². The minimum Gasteiger partial charge on any atom is -0.460 e. The molecule has 11 nitrogen and oxygen atoms in total. The summed E-state index contributed by atoms with van der Waals surface area (Å²) in [5.74, 6) is -2.91. The molecule has 1 saturated heterocycles. The van der Waals surface area contributed by atoms with Crippen molar-refractivity contribution in [1.29, 1.82) is 0 Å². The summed E-state index contributed by atoms with van der Waals surface area (Å²) in [6, 6.07) is 5.89. The third-order valence-electron chi connectivity index (χ3n) is 7.54. The largest absolute Gasteiger partial charge is 0.460 e. The van der Waals surface area contributed by atoms with E-state index in [1.807, 2.05) is 20.8 Å². The third kappa shape index (κ3) is 16.4. The summed E-state index contributed by atoms with van der Waals surface area (Å²) < 4.78 is 10.8. The lowest BCUT2D eigenvalue weighted by Crippen LogP contribution is -2.38. The molecule has 1 heterocycles. The molecule has 3 amide bonds. The zero-order valence-corrected chi connectivity index (χ0v) is 29.9. The number of nitrogens with zero attached hydrogens (tertiary/aromatic N) is 2.